The lowest BCUT2D eigenvalue weighted by Crippen LogP contribution is -1.98. The summed E-state index contributed by atoms with van der Waals surface area (Å²) in [6, 6.07) is 0. The van der Waals surface area contributed by atoms with Crippen molar-refractivity contribution in [3.8, 4) is 0 Å². The highest BCUT2D eigenvalue weighted by Gasteiger charge is 2.02. The van der Waals surface area contributed by atoms with Gasteiger partial charge >= 0.3 is 0 Å². The molecule has 0 amide bonds. The largest absolute Gasteiger partial charge is 0.123 e. The Morgan fingerprint density at radius 1 is 1.13 bits per heavy atom. The van der Waals surface area contributed by atoms with Gasteiger partial charge in [-0.2, -0.15) is 0 Å². The Balaban J connectivity index is 3.19. The van der Waals surface area contributed by atoms with Crippen LogP contribution in [0.5, 0.6) is 0 Å². The Morgan fingerprint density at radius 3 is 2.40 bits per heavy atom. The fraction of sp³-hybridized carbons (Fsp3) is 0.714. The Kier molecular flexibility index (Phi) is 11.7. The Morgan fingerprint density at radius 2 is 1.80 bits per heavy atom. The van der Waals surface area contributed by atoms with Gasteiger partial charge in [-0.3, -0.25) is 0 Å². The molecule has 0 saturated heterocycles. The second-order valence-corrected chi connectivity index (χ2v) is 4.66. The van der Waals surface area contributed by atoms with Crippen molar-refractivity contribution >= 4 is 11.6 Å². The third-order valence-corrected chi connectivity index (χ3v) is 2.97. The molecule has 0 fully saturated rings. The van der Waals surface area contributed by atoms with Gasteiger partial charge in [-0.25, -0.2) is 0 Å². The highest BCUT2D eigenvalue weighted by atomic mass is 35.5. The highest BCUT2D eigenvalue weighted by molar-refractivity contribution is 6.20. The van der Waals surface area contributed by atoms with Crippen LogP contribution in [0.1, 0.15) is 58.3 Å². The van der Waals surface area contributed by atoms with Crippen LogP contribution in [0.4, 0.5) is 0 Å². The number of alkyl halides is 1. The molecule has 0 spiro atoms. The topological polar surface area (TPSA) is 0 Å². The van der Waals surface area contributed by atoms with Crippen LogP contribution in [0.15, 0.2) is 24.8 Å². The van der Waals surface area contributed by atoms with Crippen molar-refractivity contribution in [3.05, 3.63) is 24.8 Å². The van der Waals surface area contributed by atoms with Gasteiger partial charge in [0.15, 0.2) is 0 Å². The summed E-state index contributed by atoms with van der Waals surface area (Å²) < 4.78 is 0. The average Bonchev–Trinajstić information content (AvgIpc) is 2.23. The number of hydrogen-bond donors (Lipinski definition) is 0. The standard InChI is InChI=1S/C14H25Cl/c1-3-5-7-8-9-11-13-14(15)12-10-6-4-2/h3,5,7,14H,1,4,6,8-13H2,2H3. The van der Waals surface area contributed by atoms with Gasteiger partial charge in [-0.05, 0) is 25.7 Å². The smallest absolute Gasteiger partial charge is 0.0336 e. The molecule has 0 aromatic carbocycles. The molecule has 88 valence electrons. The molecule has 0 aromatic heterocycles. The zero-order valence-electron chi connectivity index (χ0n) is 10.1. The van der Waals surface area contributed by atoms with Gasteiger partial charge in [0, 0.05) is 5.38 Å². The summed E-state index contributed by atoms with van der Waals surface area (Å²) in [5, 5.41) is 0.403. The van der Waals surface area contributed by atoms with Gasteiger partial charge in [-0.15, -0.1) is 11.6 Å². The van der Waals surface area contributed by atoms with E-state index in [1.54, 1.807) is 0 Å². The second kappa shape index (κ2) is 11.8. The van der Waals surface area contributed by atoms with E-state index >= 15 is 0 Å². The van der Waals surface area contributed by atoms with E-state index in [-0.39, 0.29) is 0 Å². The van der Waals surface area contributed by atoms with Crippen molar-refractivity contribution in [2.24, 2.45) is 0 Å². The lowest BCUT2D eigenvalue weighted by molar-refractivity contribution is 0.584. The van der Waals surface area contributed by atoms with Crippen molar-refractivity contribution in [3.63, 3.8) is 0 Å². The van der Waals surface area contributed by atoms with E-state index in [0.29, 0.717) is 5.38 Å². The minimum Gasteiger partial charge on any atom is -0.123 e. The second-order valence-electron chi connectivity index (χ2n) is 4.04. The molecular formula is C14H25Cl. The van der Waals surface area contributed by atoms with Crippen LogP contribution in [0.25, 0.3) is 0 Å². The molecule has 0 nitrogen and oxygen atoms in total. The normalized spacial score (nSPS) is 13.2. The first-order chi connectivity index (χ1) is 7.31. The molecular weight excluding hydrogens is 204 g/mol. The molecule has 0 heterocycles. The minimum absolute atomic E-state index is 0.403. The maximum atomic E-state index is 6.22. The van der Waals surface area contributed by atoms with Gasteiger partial charge in [0.1, 0.15) is 0 Å². The van der Waals surface area contributed by atoms with Crippen LogP contribution >= 0.6 is 11.6 Å². The zero-order valence-corrected chi connectivity index (χ0v) is 10.8. The van der Waals surface area contributed by atoms with Gasteiger partial charge < -0.3 is 0 Å². The summed E-state index contributed by atoms with van der Waals surface area (Å²) in [4.78, 5) is 0. The molecule has 15 heavy (non-hydrogen) atoms. The molecule has 0 aliphatic rings. The van der Waals surface area contributed by atoms with Gasteiger partial charge in [0.2, 0.25) is 0 Å². The summed E-state index contributed by atoms with van der Waals surface area (Å²) >= 11 is 6.22. The fourth-order valence-corrected chi connectivity index (χ4v) is 1.89. The van der Waals surface area contributed by atoms with Crippen molar-refractivity contribution in [1.82, 2.24) is 0 Å². The molecule has 0 radical (unpaired) electrons. The maximum Gasteiger partial charge on any atom is 0.0336 e. The van der Waals surface area contributed by atoms with Gasteiger partial charge in [0.25, 0.3) is 0 Å². The maximum absolute atomic E-state index is 6.22. The molecule has 0 N–H and O–H groups in total. The molecule has 0 rings (SSSR count). The van der Waals surface area contributed by atoms with Crippen molar-refractivity contribution in [2.45, 2.75) is 63.7 Å². The first kappa shape index (κ1) is 14.8. The average molecular weight is 229 g/mol. The van der Waals surface area contributed by atoms with E-state index < -0.39 is 0 Å². The molecule has 0 aliphatic heterocycles. The Labute approximate surface area is 100 Å². The zero-order chi connectivity index (χ0) is 11.4. The van der Waals surface area contributed by atoms with Crippen molar-refractivity contribution in [1.29, 1.82) is 0 Å². The van der Waals surface area contributed by atoms with Crippen molar-refractivity contribution in [2.75, 3.05) is 0 Å². The van der Waals surface area contributed by atoms with Crippen molar-refractivity contribution < 1.29 is 0 Å². The third kappa shape index (κ3) is 11.7. The van der Waals surface area contributed by atoms with Crippen LogP contribution in [0.2, 0.25) is 0 Å². The minimum atomic E-state index is 0.403. The molecule has 1 unspecified atom stereocenters. The lowest BCUT2D eigenvalue weighted by atomic mass is 10.1. The van der Waals surface area contributed by atoms with E-state index in [1.807, 2.05) is 12.2 Å². The number of rotatable bonds is 10. The van der Waals surface area contributed by atoms with E-state index in [9.17, 15) is 0 Å². The molecule has 0 saturated carbocycles. The summed E-state index contributed by atoms with van der Waals surface area (Å²) in [6.07, 6.45) is 15.9. The molecule has 0 aliphatic carbocycles. The summed E-state index contributed by atoms with van der Waals surface area (Å²) in [7, 11) is 0. The number of hydrogen-bond acceptors (Lipinski definition) is 0. The third-order valence-electron chi connectivity index (χ3n) is 2.53. The molecule has 1 heteroatoms. The van der Waals surface area contributed by atoms with E-state index in [1.165, 1.54) is 44.9 Å². The summed E-state index contributed by atoms with van der Waals surface area (Å²) in [6.45, 7) is 5.87. The van der Waals surface area contributed by atoms with Crippen LogP contribution < -0.4 is 0 Å². The van der Waals surface area contributed by atoms with E-state index in [2.05, 4.69) is 19.6 Å². The SMILES string of the molecule is C=CC=CCCCCC(Cl)CCCCC. The summed E-state index contributed by atoms with van der Waals surface area (Å²) in [5.41, 5.74) is 0. The lowest BCUT2D eigenvalue weighted by Gasteiger charge is -2.07. The predicted octanol–water partition coefficient (Wildman–Crippen LogP) is 5.48. The fourth-order valence-electron chi connectivity index (χ4n) is 1.58. The number of allylic oxidation sites excluding steroid dienone is 3. The van der Waals surface area contributed by atoms with Gasteiger partial charge in [-0.1, -0.05) is 57.4 Å². The van der Waals surface area contributed by atoms with E-state index in [0.717, 1.165) is 6.42 Å². The number of unbranched alkanes of at least 4 members (excludes halogenated alkanes) is 4. The number of halogens is 1. The predicted molar refractivity (Wildman–Crippen MR) is 71.6 cm³/mol. The quantitative estimate of drug-likeness (QED) is 0.264. The molecule has 0 bridgehead atoms. The van der Waals surface area contributed by atoms with E-state index in [4.69, 9.17) is 11.6 Å². The van der Waals surface area contributed by atoms with Crippen LogP contribution in [-0.4, -0.2) is 5.38 Å². The van der Waals surface area contributed by atoms with Crippen LogP contribution in [0, 0.1) is 0 Å². The molecule has 1 atom stereocenters. The van der Waals surface area contributed by atoms with Crippen LogP contribution in [-0.2, 0) is 0 Å². The van der Waals surface area contributed by atoms with Gasteiger partial charge in [0.05, 0.1) is 0 Å². The molecule has 0 aromatic rings. The highest BCUT2D eigenvalue weighted by Crippen LogP contribution is 2.16. The van der Waals surface area contributed by atoms with Crippen LogP contribution in [0.3, 0.4) is 0 Å². The first-order valence-electron chi connectivity index (χ1n) is 6.22. The Bertz CT molecular complexity index is 161. The monoisotopic (exact) mass is 228 g/mol. The first-order valence-corrected chi connectivity index (χ1v) is 6.66. The summed E-state index contributed by atoms with van der Waals surface area (Å²) in [5.74, 6) is 0. The Hall–Kier alpha value is -0.230.